The molecule has 3 nitrogen and oxygen atoms in total. The van der Waals surface area contributed by atoms with Gasteiger partial charge in [-0.05, 0) is 25.1 Å². The maximum Gasteiger partial charge on any atom is 0.255 e. The van der Waals surface area contributed by atoms with Gasteiger partial charge < -0.3 is 10.2 Å². The Morgan fingerprint density at radius 1 is 1.56 bits per heavy atom. The number of rotatable bonds is 1. The summed E-state index contributed by atoms with van der Waals surface area (Å²) in [6, 6.07) is 5.55. The molecule has 0 spiro atoms. The summed E-state index contributed by atoms with van der Waals surface area (Å²) in [4.78, 5) is 14.2. The van der Waals surface area contributed by atoms with Crippen LogP contribution >= 0.6 is 39.9 Å². The minimum Gasteiger partial charge on any atom is -0.333 e. The predicted octanol–water partition coefficient (Wildman–Crippen LogP) is 2.96. The molecule has 1 heterocycles. The average molecular weight is 354 g/mol. The third-order valence-corrected chi connectivity index (χ3v) is 3.74. The van der Waals surface area contributed by atoms with Crippen LogP contribution in [0.3, 0.4) is 0 Å². The Labute approximate surface area is 126 Å². The number of nitrogens with zero attached hydrogens (tertiary/aromatic N) is 1. The average Bonchev–Trinajstić information content (AvgIpc) is 2.32. The number of amides is 1. The maximum atomic E-state index is 12.4. The highest BCUT2D eigenvalue weighted by atomic mass is 79.9. The van der Waals surface area contributed by atoms with Gasteiger partial charge in [0.15, 0.2) is 0 Å². The van der Waals surface area contributed by atoms with Crippen LogP contribution in [-0.4, -0.2) is 36.5 Å². The number of benzene rings is 1. The number of carbonyl (C=O) groups is 1. The van der Waals surface area contributed by atoms with E-state index in [4.69, 9.17) is 11.6 Å². The van der Waals surface area contributed by atoms with Gasteiger partial charge in [-0.3, -0.25) is 4.79 Å². The molecule has 2 rings (SSSR count). The highest BCUT2D eigenvalue weighted by Gasteiger charge is 2.25. The molecule has 6 heteroatoms. The lowest BCUT2D eigenvalue weighted by atomic mass is 10.1. The molecule has 1 N–H and O–H groups in total. The van der Waals surface area contributed by atoms with Crippen LogP contribution in [0.5, 0.6) is 0 Å². The Balaban J connectivity index is 0.00000162. The molecule has 100 valence electrons. The second-order valence-corrected chi connectivity index (χ2v) is 5.50. The van der Waals surface area contributed by atoms with Crippen LogP contribution in [0.4, 0.5) is 0 Å². The topological polar surface area (TPSA) is 32.3 Å². The highest BCUT2D eigenvalue weighted by Crippen LogP contribution is 2.23. The van der Waals surface area contributed by atoms with Gasteiger partial charge in [0.1, 0.15) is 0 Å². The first kappa shape index (κ1) is 15.8. The predicted molar refractivity (Wildman–Crippen MR) is 79.8 cm³/mol. The van der Waals surface area contributed by atoms with E-state index < -0.39 is 0 Å². The fourth-order valence-electron chi connectivity index (χ4n) is 1.96. The van der Waals surface area contributed by atoms with Gasteiger partial charge in [-0.25, -0.2) is 0 Å². The lowest BCUT2D eigenvalue weighted by Gasteiger charge is -2.34. The summed E-state index contributed by atoms with van der Waals surface area (Å²) in [6.07, 6.45) is 0. The van der Waals surface area contributed by atoms with E-state index in [0.29, 0.717) is 10.6 Å². The van der Waals surface area contributed by atoms with Crippen molar-refractivity contribution in [1.29, 1.82) is 0 Å². The zero-order valence-electron chi connectivity index (χ0n) is 9.95. The van der Waals surface area contributed by atoms with E-state index in [1.807, 2.05) is 17.9 Å². The van der Waals surface area contributed by atoms with Crippen LogP contribution in [-0.2, 0) is 0 Å². The quantitative estimate of drug-likeness (QED) is 0.841. The Kier molecular flexibility index (Phi) is 5.92. The number of halogens is 3. The van der Waals surface area contributed by atoms with Crippen molar-refractivity contribution >= 4 is 45.8 Å². The number of hydrogen-bond acceptors (Lipinski definition) is 2. The van der Waals surface area contributed by atoms with Crippen molar-refractivity contribution in [1.82, 2.24) is 10.2 Å². The normalized spacial score (nSPS) is 19.3. The fourth-order valence-corrected chi connectivity index (χ4v) is 2.52. The molecule has 1 saturated heterocycles. The number of nitrogens with one attached hydrogen (secondary N) is 1. The van der Waals surface area contributed by atoms with Crippen molar-refractivity contribution in [3.05, 3.63) is 33.3 Å². The molecule has 0 bridgehead atoms. The van der Waals surface area contributed by atoms with E-state index >= 15 is 0 Å². The van der Waals surface area contributed by atoms with Crippen molar-refractivity contribution in [2.45, 2.75) is 13.0 Å². The Bertz CT molecular complexity index is 442. The van der Waals surface area contributed by atoms with Gasteiger partial charge in [0.05, 0.1) is 10.6 Å². The van der Waals surface area contributed by atoms with Crippen LogP contribution in [0, 0.1) is 0 Å². The molecule has 1 aromatic rings. The fraction of sp³-hybridized carbons (Fsp3) is 0.417. The van der Waals surface area contributed by atoms with Gasteiger partial charge in [0.2, 0.25) is 0 Å². The second-order valence-electron chi connectivity index (χ2n) is 4.18. The molecule has 18 heavy (non-hydrogen) atoms. The lowest BCUT2D eigenvalue weighted by molar-refractivity contribution is 0.0656. The first-order valence-corrected chi connectivity index (χ1v) is 6.73. The van der Waals surface area contributed by atoms with Gasteiger partial charge in [-0.2, -0.15) is 0 Å². The summed E-state index contributed by atoms with van der Waals surface area (Å²) < 4.78 is 0.869. The molecule has 1 atom stereocenters. The van der Waals surface area contributed by atoms with Crippen molar-refractivity contribution in [2.75, 3.05) is 19.6 Å². The molecular formula is C12H15BrCl2N2O. The van der Waals surface area contributed by atoms with Crippen molar-refractivity contribution in [3.63, 3.8) is 0 Å². The van der Waals surface area contributed by atoms with Crippen molar-refractivity contribution < 1.29 is 4.79 Å². The lowest BCUT2D eigenvalue weighted by Crippen LogP contribution is -2.52. The largest absolute Gasteiger partial charge is 0.333 e. The third kappa shape index (κ3) is 3.38. The summed E-state index contributed by atoms with van der Waals surface area (Å²) in [5.41, 5.74) is 0.565. The first-order chi connectivity index (χ1) is 8.09. The van der Waals surface area contributed by atoms with Crippen LogP contribution in [0.15, 0.2) is 22.7 Å². The van der Waals surface area contributed by atoms with Crippen LogP contribution in [0.1, 0.15) is 17.3 Å². The van der Waals surface area contributed by atoms with Gasteiger partial charge in [0.25, 0.3) is 5.91 Å². The molecular weight excluding hydrogens is 339 g/mol. The Morgan fingerprint density at radius 2 is 2.28 bits per heavy atom. The van der Waals surface area contributed by atoms with Crippen LogP contribution < -0.4 is 5.32 Å². The van der Waals surface area contributed by atoms with E-state index in [-0.39, 0.29) is 24.4 Å². The van der Waals surface area contributed by atoms with Crippen molar-refractivity contribution in [3.8, 4) is 0 Å². The third-order valence-electron chi connectivity index (χ3n) is 2.92. The standard InChI is InChI=1S/C12H14BrClN2O.ClH/c1-8-7-15-4-5-16(8)12(17)10-6-9(13)2-3-11(10)14;/h2-3,6,8,15H,4-5,7H2,1H3;1H. The molecule has 1 aromatic carbocycles. The molecule has 1 unspecified atom stereocenters. The summed E-state index contributed by atoms with van der Waals surface area (Å²) >= 11 is 9.44. The van der Waals surface area contributed by atoms with E-state index in [1.54, 1.807) is 12.1 Å². The zero-order valence-corrected chi connectivity index (χ0v) is 13.1. The molecule has 1 aliphatic heterocycles. The Hall–Kier alpha value is -0.290. The first-order valence-electron chi connectivity index (χ1n) is 5.56. The molecule has 0 saturated carbocycles. The summed E-state index contributed by atoms with van der Waals surface area (Å²) in [5, 5.41) is 3.76. The zero-order chi connectivity index (χ0) is 12.4. The SMILES string of the molecule is CC1CNCCN1C(=O)c1cc(Br)ccc1Cl.Cl. The van der Waals surface area contributed by atoms with E-state index in [2.05, 4.69) is 21.2 Å². The summed E-state index contributed by atoms with van der Waals surface area (Å²) in [6.45, 7) is 4.43. The number of carbonyl (C=O) groups excluding carboxylic acids is 1. The van der Waals surface area contributed by atoms with Crippen LogP contribution in [0.25, 0.3) is 0 Å². The van der Waals surface area contributed by atoms with Gasteiger partial charge in [-0.1, -0.05) is 27.5 Å². The maximum absolute atomic E-state index is 12.4. The van der Waals surface area contributed by atoms with E-state index in [0.717, 1.165) is 24.1 Å². The minimum absolute atomic E-state index is 0. The minimum atomic E-state index is 0. The molecule has 0 radical (unpaired) electrons. The number of piperazine rings is 1. The van der Waals surface area contributed by atoms with Crippen LogP contribution in [0.2, 0.25) is 5.02 Å². The second kappa shape index (κ2) is 6.75. The van der Waals surface area contributed by atoms with E-state index in [1.165, 1.54) is 0 Å². The van der Waals surface area contributed by atoms with Gasteiger partial charge in [-0.15, -0.1) is 12.4 Å². The smallest absolute Gasteiger partial charge is 0.255 e. The summed E-state index contributed by atoms with van der Waals surface area (Å²) in [7, 11) is 0. The molecule has 0 aliphatic carbocycles. The Morgan fingerprint density at radius 3 is 2.94 bits per heavy atom. The summed E-state index contributed by atoms with van der Waals surface area (Å²) in [5.74, 6) is 0.00491. The van der Waals surface area contributed by atoms with Crippen molar-refractivity contribution in [2.24, 2.45) is 0 Å². The monoisotopic (exact) mass is 352 g/mol. The van der Waals surface area contributed by atoms with E-state index in [9.17, 15) is 4.79 Å². The van der Waals surface area contributed by atoms with Gasteiger partial charge in [0, 0.05) is 30.1 Å². The molecule has 1 aliphatic rings. The molecule has 1 fully saturated rings. The number of hydrogen-bond donors (Lipinski definition) is 1. The highest BCUT2D eigenvalue weighted by molar-refractivity contribution is 9.10. The molecule has 0 aromatic heterocycles. The molecule has 1 amide bonds. The van der Waals surface area contributed by atoms with Gasteiger partial charge >= 0.3 is 0 Å².